The van der Waals surface area contributed by atoms with Crippen molar-refractivity contribution in [3.05, 3.63) is 99.5 Å². The number of carbonyl (C=O) groups is 1. The molecular formula is C25H18BrN3O3. The molecule has 0 aromatic heterocycles. The molecule has 0 bridgehead atoms. The van der Waals surface area contributed by atoms with Crippen molar-refractivity contribution in [3.8, 4) is 23.6 Å². The van der Waals surface area contributed by atoms with Gasteiger partial charge in [-0.15, -0.1) is 0 Å². The predicted molar refractivity (Wildman–Crippen MR) is 124 cm³/mol. The Morgan fingerprint density at radius 1 is 1.00 bits per heavy atom. The average molecular weight is 488 g/mol. The van der Waals surface area contributed by atoms with Gasteiger partial charge in [0.2, 0.25) is 5.78 Å². The quantitative estimate of drug-likeness (QED) is 0.309. The normalized spacial score (nSPS) is 12.7. The number of allylic oxidation sites excluding steroid dienone is 5. The van der Waals surface area contributed by atoms with Crippen molar-refractivity contribution < 1.29 is 14.3 Å². The van der Waals surface area contributed by atoms with Crippen LogP contribution >= 0.6 is 15.9 Å². The molecule has 0 radical (unpaired) electrons. The maximum Gasteiger partial charge on any atom is 0.209 e. The molecule has 0 aliphatic carbocycles. The Morgan fingerprint density at radius 2 is 1.69 bits per heavy atom. The van der Waals surface area contributed by atoms with E-state index >= 15 is 0 Å². The SMILES string of the molecule is COc1ccc(/C=C(/C(=O)c2ccc(Br)cc2)N2C=CC=CC2=C(C#N)C#N)cc1OC. The Bertz CT molecular complexity index is 1230. The molecule has 3 rings (SSSR count). The Hall–Kier alpha value is -4.07. The molecule has 0 saturated heterocycles. The number of halogens is 1. The van der Waals surface area contributed by atoms with Crippen LogP contribution in [-0.4, -0.2) is 24.9 Å². The van der Waals surface area contributed by atoms with Gasteiger partial charge in [0.1, 0.15) is 12.1 Å². The number of hydrogen-bond acceptors (Lipinski definition) is 6. The first kappa shape index (κ1) is 22.6. The predicted octanol–water partition coefficient (Wildman–Crippen LogP) is 5.38. The van der Waals surface area contributed by atoms with Gasteiger partial charge in [0.15, 0.2) is 17.1 Å². The van der Waals surface area contributed by atoms with E-state index in [1.54, 1.807) is 85.0 Å². The highest BCUT2D eigenvalue weighted by molar-refractivity contribution is 9.10. The lowest BCUT2D eigenvalue weighted by atomic mass is 10.0. The van der Waals surface area contributed by atoms with Gasteiger partial charge in [0.25, 0.3) is 0 Å². The summed E-state index contributed by atoms with van der Waals surface area (Å²) in [7, 11) is 3.08. The molecule has 1 aliphatic rings. The highest BCUT2D eigenvalue weighted by Gasteiger charge is 2.23. The molecule has 0 N–H and O–H groups in total. The second-order valence-electron chi connectivity index (χ2n) is 6.53. The Balaban J connectivity index is 2.20. The number of nitriles is 2. The van der Waals surface area contributed by atoms with E-state index in [0.717, 1.165) is 4.47 Å². The molecule has 0 unspecified atom stereocenters. The second-order valence-corrected chi connectivity index (χ2v) is 7.45. The van der Waals surface area contributed by atoms with Crippen molar-refractivity contribution in [1.29, 1.82) is 10.5 Å². The van der Waals surface area contributed by atoms with Crippen molar-refractivity contribution in [2.45, 2.75) is 0 Å². The minimum Gasteiger partial charge on any atom is -0.493 e. The van der Waals surface area contributed by atoms with Gasteiger partial charge in [-0.25, -0.2) is 0 Å². The third-order valence-electron chi connectivity index (χ3n) is 4.65. The van der Waals surface area contributed by atoms with Crippen molar-refractivity contribution >= 4 is 27.8 Å². The summed E-state index contributed by atoms with van der Waals surface area (Å²) in [6.45, 7) is 0. The molecule has 1 aliphatic heterocycles. The van der Waals surface area contributed by atoms with E-state index in [-0.39, 0.29) is 17.1 Å². The summed E-state index contributed by atoms with van der Waals surface area (Å²) in [6, 6.07) is 16.0. The first-order chi connectivity index (χ1) is 15.5. The molecule has 0 amide bonds. The topological polar surface area (TPSA) is 86.4 Å². The Morgan fingerprint density at radius 3 is 2.31 bits per heavy atom. The van der Waals surface area contributed by atoms with Crippen molar-refractivity contribution in [3.63, 3.8) is 0 Å². The number of benzene rings is 2. The van der Waals surface area contributed by atoms with Crippen LogP contribution in [0.4, 0.5) is 0 Å². The fraction of sp³-hybridized carbons (Fsp3) is 0.0800. The molecule has 7 heteroatoms. The minimum absolute atomic E-state index is 0.104. The van der Waals surface area contributed by atoms with Gasteiger partial charge in [-0.3, -0.25) is 4.79 Å². The van der Waals surface area contributed by atoms with E-state index in [9.17, 15) is 15.3 Å². The minimum atomic E-state index is -0.278. The van der Waals surface area contributed by atoms with Gasteiger partial charge in [-0.05, 0) is 60.2 Å². The van der Waals surface area contributed by atoms with Crippen molar-refractivity contribution in [2.24, 2.45) is 0 Å². The number of Topliss-reactive ketones (excluding diaryl/α,β-unsaturated/α-hetero) is 1. The van der Waals surface area contributed by atoms with Crippen LogP contribution in [-0.2, 0) is 0 Å². The first-order valence-corrected chi connectivity index (χ1v) is 10.2. The number of hydrogen-bond donors (Lipinski definition) is 0. The van der Waals surface area contributed by atoms with Crippen molar-refractivity contribution in [2.75, 3.05) is 14.2 Å². The largest absolute Gasteiger partial charge is 0.493 e. The lowest BCUT2D eigenvalue weighted by Crippen LogP contribution is -2.24. The standard InChI is InChI=1S/C25H18BrN3O3/c1-31-23-11-6-17(14-24(23)32-2)13-22(25(30)18-7-9-20(26)10-8-18)29-12-4-3-5-21(29)19(15-27)16-28/h3-14H,1-2H3/b22-13-. The molecule has 2 aromatic rings. The summed E-state index contributed by atoms with van der Waals surface area (Å²) in [5.41, 5.74) is 1.61. The van der Waals surface area contributed by atoms with Crippen LogP contribution in [0.5, 0.6) is 11.5 Å². The molecule has 0 atom stereocenters. The lowest BCUT2D eigenvalue weighted by Gasteiger charge is -2.26. The third kappa shape index (κ3) is 4.80. The number of rotatable bonds is 6. The van der Waals surface area contributed by atoms with E-state index in [4.69, 9.17) is 9.47 Å². The zero-order valence-corrected chi connectivity index (χ0v) is 19.0. The highest BCUT2D eigenvalue weighted by Crippen LogP contribution is 2.31. The zero-order chi connectivity index (χ0) is 23.1. The second kappa shape index (κ2) is 10.3. The van der Waals surface area contributed by atoms with Gasteiger partial charge in [0, 0.05) is 16.2 Å². The van der Waals surface area contributed by atoms with Crippen LogP contribution in [0.15, 0.2) is 88.3 Å². The maximum absolute atomic E-state index is 13.6. The van der Waals surface area contributed by atoms with Crippen LogP contribution in [0.1, 0.15) is 15.9 Å². The molecule has 1 heterocycles. The van der Waals surface area contributed by atoms with Gasteiger partial charge in [-0.2, -0.15) is 10.5 Å². The summed E-state index contributed by atoms with van der Waals surface area (Å²) in [5, 5.41) is 18.8. The summed E-state index contributed by atoms with van der Waals surface area (Å²) in [4.78, 5) is 15.1. The molecule has 32 heavy (non-hydrogen) atoms. The fourth-order valence-corrected chi connectivity index (χ4v) is 3.35. The lowest BCUT2D eigenvalue weighted by molar-refractivity contribution is 0.101. The maximum atomic E-state index is 13.6. The van der Waals surface area contributed by atoms with Crippen LogP contribution in [0.2, 0.25) is 0 Å². The van der Waals surface area contributed by atoms with Crippen LogP contribution in [0.3, 0.4) is 0 Å². The number of nitrogens with zero attached hydrogens (tertiary/aromatic N) is 3. The smallest absolute Gasteiger partial charge is 0.209 e. The van der Waals surface area contributed by atoms with E-state index in [1.807, 2.05) is 12.1 Å². The van der Waals surface area contributed by atoms with Crippen LogP contribution in [0, 0.1) is 22.7 Å². The number of ketones is 1. The van der Waals surface area contributed by atoms with Gasteiger partial charge < -0.3 is 14.4 Å². The van der Waals surface area contributed by atoms with Gasteiger partial charge in [-0.1, -0.05) is 28.1 Å². The van der Waals surface area contributed by atoms with E-state index in [2.05, 4.69) is 15.9 Å². The van der Waals surface area contributed by atoms with Crippen LogP contribution < -0.4 is 9.47 Å². The molecule has 2 aromatic carbocycles. The molecule has 6 nitrogen and oxygen atoms in total. The molecule has 0 fully saturated rings. The number of methoxy groups -OCH3 is 2. The fourth-order valence-electron chi connectivity index (χ4n) is 3.09. The van der Waals surface area contributed by atoms with Gasteiger partial charge in [0.05, 0.1) is 25.6 Å². The Kier molecular flexibility index (Phi) is 7.28. The number of ether oxygens (including phenoxy) is 2. The first-order valence-electron chi connectivity index (χ1n) is 9.45. The molecular weight excluding hydrogens is 470 g/mol. The van der Waals surface area contributed by atoms with Crippen LogP contribution in [0.25, 0.3) is 6.08 Å². The Labute approximate surface area is 194 Å². The highest BCUT2D eigenvalue weighted by atomic mass is 79.9. The molecule has 158 valence electrons. The van der Waals surface area contributed by atoms with E-state index in [1.165, 1.54) is 7.11 Å². The van der Waals surface area contributed by atoms with E-state index in [0.29, 0.717) is 28.3 Å². The number of carbonyl (C=O) groups excluding carboxylic acids is 1. The zero-order valence-electron chi connectivity index (χ0n) is 17.4. The third-order valence-corrected chi connectivity index (χ3v) is 5.18. The summed E-state index contributed by atoms with van der Waals surface area (Å²) in [6.07, 6.45) is 8.39. The van der Waals surface area contributed by atoms with Crippen molar-refractivity contribution in [1.82, 2.24) is 4.90 Å². The molecule has 0 saturated carbocycles. The van der Waals surface area contributed by atoms with E-state index < -0.39 is 0 Å². The molecule has 0 spiro atoms. The summed E-state index contributed by atoms with van der Waals surface area (Å²) < 4.78 is 11.5. The summed E-state index contributed by atoms with van der Waals surface area (Å²) >= 11 is 3.38. The monoisotopic (exact) mass is 487 g/mol. The van der Waals surface area contributed by atoms with Gasteiger partial charge >= 0.3 is 0 Å². The average Bonchev–Trinajstić information content (AvgIpc) is 2.83. The summed E-state index contributed by atoms with van der Waals surface area (Å²) in [5.74, 6) is 0.791.